The molecule has 6 nitrogen and oxygen atoms in total. The van der Waals surface area contributed by atoms with E-state index in [0.717, 1.165) is 42.1 Å². The van der Waals surface area contributed by atoms with Crippen molar-refractivity contribution >= 4 is 17.0 Å². The number of carboxylic acid groups (broad SMARTS) is 1. The molecule has 1 aromatic heterocycles. The summed E-state index contributed by atoms with van der Waals surface area (Å²) in [7, 11) is 0. The Labute approximate surface area is 212 Å². The summed E-state index contributed by atoms with van der Waals surface area (Å²) in [6.07, 6.45) is -2.61. The second kappa shape index (κ2) is 11.1. The van der Waals surface area contributed by atoms with Crippen LogP contribution in [-0.4, -0.2) is 51.3 Å². The Bertz CT molecular complexity index is 1370. The van der Waals surface area contributed by atoms with Crippen molar-refractivity contribution in [1.82, 2.24) is 14.9 Å². The first-order valence-electron chi connectivity index (χ1n) is 12.0. The van der Waals surface area contributed by atoms with E-state index in [4.69, 9.17) is 20.6 Å². The Hall–Kier alpha value is -3.69. The van der Waals surface area contributed by atoms with E-state index < -0.39 is 12.1 Å². The number of fused-ring (bicyclic) bond motifs is 1. The first-order valence-corrected chi connectivity index (χ1v) is 12.0. The third kappa shape index (κ3) is 6.36. The van der Waals surface area contributed by atoms with Crippen molar-refractivity contribution in [3.63, 3.8) is 0 Å². The molecule has 0 amide bonds. The summed E-state index contributed by atoms with van der Waals surface area (Å²) >= 11 is 0. The number of hydrogen-bond acceptors (Lipinski definition) is 4. The van der Waals surface area contributed by atoms with Crippen LogP contribution in [0.1, 0.15) is 24.0 Å². The quantitative estimate of drug-likeness (QED) is 0.317. The number of aromatic nitrogens is 2. The molecule has 1 fully saturated rings. The minimum atomic E-state index is -5.08. The van der Waals surface area contributed by atoms with Crippen LogP contribution >= 0.6 is 0 Å². The summed E-state index contributed by atoms with van der Waals surface area (Å²) in [5.41, 5.74) is 14.2. The van der Waals surface area contributed by atoms with Crippen LogP contribution in [0.2, 0.25) is 0 Å². The fraction of sp³-hybridized carbons (Fsp3) is 0.286. The predicted molar refractivity (Wildman–Crippen MR) is 138 cm³/mol. The number of carbonyl (C=O) groups is 1. The molecule has 0 bridgehead atoms. The first kappa shape index (κ1) is 26.4. The predicted octanol–water partition coefficient (Wildman–Crippen LogP) is 5.76. The molecule has 1 aliphatic heterocycles. The van der Waals surface area contributed by atoms with Crippen molar-refractivity contribution in [2.24, 2.45) is 5.73 Å². The second-order valence-corrected chi connectivity index (χ2v) is 9.14. The zero-order valence-electron chi connectivity index (χ0n) is 20.4. The SMILES string of the molecule is Cc1cccc2[nH]c(-c3ccc(-c4cccc(CN5CCCC5CN)c4)cc3)nc12.O=C(O)C(F)(F)F. The minimum absolute atomic E-state index is 0.528. The van der Waals surface area contributed by atoms with E-state index >= 15 is 0 Å². The van der Waals surface area contributed by atoms with Gasteiger partial charge in [0.2, 0.25) is 0 Å². The van der Waals surface area contributed by atoms with Gasteiger partial charge in [0.1, 0.15) is 5.82 Å². The van der Waals surface area contributed by atoms with Crippen molar-refractivity contribution in [1.29, 1.82) is 0 Å². The smallest absolute Gasteiger partial charge is 0.475 e. The van der Waals surface area contributed by atoms with Gasteiger partial charge in [-0.2, -0.15) is 13.2 Å². The maximum atomic E-state index is 10.6. The number of hydrogen-bond donors (Lipinski definition) is 3. The number of aromatic amines is 1. The van der Waals surface area contributed by atoms with Crippen molar-refractivity contribution in [3.8, 4) is 22.5 Å². The van der Waals surface area contributed by atoms with E-state index in [2.05, 4.69) is 83.5 Å². The zero-order valence-corrected chi connectivity index (χ0v) is 20.4. The Balaban J connectivity index is 0.000000405. The summed E-state index contributed by atoms with van der Waals surface area (Å²) in [6.45, 7) is 4.98. The second-order valence-electron chi connectivity index (χ2n) is 9.14. The van der Waals surface area contributed by atoms with Gasteiger partial charge in [-0.05, 0) is 60.7 Å². The molecule has 1 aliphatic rings. The molecule has 1 saturated heterocycles. The first-order chi connectivity index (χ1) is 17.7. The van der Waals surface area contributed by atoms with Gasteiger partial charge in [0.25, 0.3) is 0 Å². The van der Waals surface area contributed by atoms with E-state index in [-0.39, 0.29) is 0 Å². The van der Waals surface area contributed by atoms with Crippen LogP contribution in [0, 0.1) is 6.92 Å². The Morgan fingerprint density at radius 2 is 1.76 bits per heavy atom. The number of carboxylic acids is 1. The van der Waals surface area contributed by atoms with Crippen LogP contribution in [0.4, 0.5) is 13.2 Å². The average molecular weight is 511 g/mol. The standard InChI is InChI=1S/C26H28N4.C2HF3O2/c1-18-5-2-9-24-25(18)29-26(28-24)21-12-10-20(11-13-21)22-7-3-6-19(15-22)17-30-14-4-8-23(30)16-27;3-2(4,5)1(6)7/h2-3,5-7,9-13,15,23H,4,8,14,16-17,27H2,1H3,(H,28,29);(H,6,7). The van der Waals surface area contributed by atoms with E-state index in [1.54, 1.807) is 0 Å². The average Bonchev–Trinajstić information content (AvgIpc) is 3.52. The van der Waals surface area contributed by atoms with Crippen LogP contribution in [0.25, 0.3) is 33.5 Å². The van der Waals surface area contributed by atoms with E-state index in [0.29, 0.717) is 6.04 Å². The highest BCUT2D eigenvalue weighted by atomic mass is 19.4. The molecule has 0 radical (unpaired) electrons. The number of H-pyrrole nitrogens is 1. The third-order valence-electron chi connectivity index (χ3n) is 6.53. The fourth-order valence-corrected chi connectivity index (χ4v) is 4.59. The molecule has 3 aromatic carbocycles. The van der Waals surface area contributed by atoms with Crippen molar-refractivity contribution in [3.05, 3.63) is 77.9 Å². The van der Waals surface area contributed by atoms with Gasteiger partial charge in [-0.15, -0.1) is 0 Å². The number of imidazole rings is 1. The van der Waals surface area contributed by atoms with Crippen LogP contribution in [0.15, 0.2) is 66.7 Å². The topological polar surface area (TPSA) is 95.2 Å². The van der Waals surface area contributed by atoms with Crippen molar-refractivity contribution in [2.45, 2.75) is 38.5 Å². The summed E-state index contributed by atoms with van der Waals surface area (Å²) in [4.78, 5) is 19.7. The van der Waals surface area contributed by atoms with Gasteiger partial charge in [0.05, 0.1) is 11.0 Å². The lowest BCUT2D eigenvalue weighted by atomic mass is 10.0. The number of nitrogens with zero attached hydrogens (tertiary/aromatic N) is 2. The summed E-state index contributed by atoms with van der Waals surface area (Å²) in [5, 5.41) is 7.12. The molecule has 2 heterocycles. The fourth-order valence-electron chi connectivity index (χ4n) is 4.59. The maximum Gasteiger partial charge on any atom is 0.490 e. The summed E-state index contributed by atoms with van der Waals surface area (Å²) in [6, 6.07) is 24.3. The molecule has 0 spiro atoms. The number of rotatable bonds is 5. The van der Waals surface area contributed by atoms with Gasteiger partial charge in [0, 0.05) is 24.7 Å². The molecule has 4 aromatic rings. The number of alkyl halides is 3. The lowest BCUT2D eigenvalue weighted by molar-refractivity contribution is -0.192. The molecule has 0 saturated carbocycles. The highest BCUT2D eigenvalue weighted by molar-refractivity contribution is 5.82. The Kier molecular flexibility index (Phi) is 7.94. The van der Waals surface area contributed by atoms with E-state index in [1.165, 1.54) is 35.1 Å². The van der Waals surface area contributed by atoms with Gasteiger partial charge in [-0.25, -0.2) is 9.78 Å². The number of halogens is 3. The molecule has 1 unspecified atom stereocenters. The van der Waals surface area contributed by atoms with E-state index in [1.807, 2.05) is 0 Å². The van der Waals surface area contributed by atoms with Gasteiger partial charge in [-0.3, -0.25) is 4.90 Å². The number of para-hydroxylation sites is 1. The van der Waals surface area contributed by atoms with Crippen LogP contribution in [-0.2, 0) is 11.3 Å². The van der Waals surface area contributed by atoms with Gasteiger partial charge >= 0.3 is 12.1 Å². The Morgan fingerprint density at radius 1 is 1.08 bits per heavy atom. The van der Waals surface area contributed by atoms with E-state index in [9.17, 15) is 13.2 Å². The maximum absolute atomic E-state index is 10.6. The summed E-state index contributed by atoms with van der Waals surface area (Å²) in [5.74, 6) is -1.84. The Morgan fingerprint density at radius 3 is 2.41 bits per heavy atom. The molecule has 0 aliphatic carbocycles. The number of aliphatic carboxylic acids is 1. The lowest BCUT2D eigenvalue weighted by Crippen LogP contribution is -2.34. The van der Waals surface area contributed by atoms with Crippen molar-refractivity contribution in [2.75, 3.05) is 13.1 Å². The van der Waals surface area contributed by atoms with Crippen molar-refractivity contribution < 1.29 is 23.1 Å². The largest absolute Gasteiger partial charge is 0.490 e. The highest BCUT2D eigenvalue weighted by Gasteiger charge is 2.38. The third-order valence-corrected chi connectivity index (χ3v) is 6.53. The number of likely N-dealkylation sites (tertiary alicyclic amines) is 1. The molecule has 4 N–H and O–H groups in total. The van der Waals surface area contributed by atoms with Crippen LogP contribution in [0.3, 0.4) is 0 Å². The van der Waals surface area contributed by atoms with Gasteiger partial charge in [0.15, 0.2) is 0 Å². The number of benzene rings is 3. The van der Waals surface area contributed by atoms with Gasteiger partial charge < -0.3 is 15.8 Å². The number of nitrogens with one attached hydrogen (secondary N) is 1. The van der Waals surface area contributed by atoms with Crippen LogP contribution in [0.5, 0.6) is 0 Å². The molecule has 9 heteroatoms. The highest BCUT2D eigenvalue weighted by Crippen LogP contribution is 2.27. The molecular formula is C28H29F3N4O2. The molecule has 5 rings (SSSR count). The lowest BCUT2D eigenvalue weighted by Gasteiger charge is -2.23. The monoisotopic (exact) mass is 510 g/mol. The molecule has 1 atom stereocenters. The minimum Gasteiger partial charge on any atom is -0.475 e. The molecular weight excluding hydrogens is 481 g/mol. The normalized spacial score (nSPS) is 16.0. The van der Waals surface area contributed by atoms with Crippen LogP contribution < -0.4 is 5.73 Å². The number of nitrogens with two attached hydrogens (primary N) is 1. The van der Waals surface area contributed by atoms with Gasteiger partial charge in [-0.1, -0.05) is 54.6 Å². The molecule has 194 valence electrons. The zero-order chi connectivity index (χ0) is 26.6. The molecule has 37 heavy (non-hydrogen) atoms. The number of aryl methyl sites for hydroxylation is 1. The summed E-state index contributed by atoms with van der Waals surface area (Å²) < 4.78 is 31.7.